The van der Waals surface area contributed by atoms with Crippen LogP contribution in [-0.2, 0) is 0 Å². The van der Waals surface area contributed by atoms with E-state index in [0.717, 1.165) is 28.0 Å². The van der Waals surface area contributed by atoms with Gasteiger partial charge in [0.05, 0.1) is 5.52 Å². The molecular formula is C21H15BrClN3O2. The fraction of sp³-hybridized carbons (Fsp3) is 0.0476. The summed E-state index contributed by atoms with van der Waals surface area (Å²) in [6, 6.07) is 18.3. The van der Waals surface area contributed by atoms with Crippen LogP contribution in [0, 0.1) is 6.92 Å². The molecule has 0 aliphatic rings. The number of benzene rings is 2. The quantitative estimate of drug-likeness (QED) is 0.365. The van der Waals surface area contributed by atoms with Gasteiger partial charge in [-0.25, -0.2) is 4.98 Å². The first-order valence-electron chi connectivity index (χ1n) is 8.48. The first-order chi connectivity index (χ1) is 13.5. The molecule has 28 heavy (non-hydrogen) atoms. The van der Waals surface area contributed by atoms with Crippen LogP contribution in [0.3, 0.4) is 0 Å². The lowest BCUT2D eigenvalue weighted by atomic mass is 10.1. The van der Waals surface area contributed by atoms with Crippen molar-refractivity contribution in [3.05, 3.63) is 81.7 Å². The van der Waals surface area contributed by atoms with E-state index in [1.54, 1.807) is 12.1 Å². The Balaban J connectivity index is 1.60. The van der Waals surface area contributed by atoms with Crippen LogP contribution in [-0.4, -0.2) is 10.9 Å². The number of aromatic nitrogens is 1. The minimum atomic E-state index is -0.310. The molecule has 140 valence electrons. The number of rotatable bonds is 4. The number of hydrogen-bond donors (Lipinski definition) is 2. The highest BCUT2D eigenvalue weighted by molar-refractivity contribution is 9.10. The average molecular weight is 457 g/mol. The van der Waals surface area contributed by atoms with E-state index in [-0.39, 0.29) is 11.7 Å². The average Bonchev–Trinajstić information content (AvgIpc) is 3.09. The summed E-state index contributed by atoms with van der Waals surface area (Å²) in [5.41, 5.74) is 3.40. The Bertz CT molecular complexity index is 1190. The third kappa shape index (κ3) is 4.03. The van der Waals surface area contributed by atoms with Crippen LogP contribution >= 0.6 is 27.5 Å². The Morgan fingerprint density at radius 2 is 1.93 bits per heavy atom. The number of fused-ring (bicyclic) bond motifs is 1. The zero-order valence-electron chi connectivity index (χ0n) is 14.8. The molecule has 0 fully saturated rings. The molecule has 0 saturated heterocycles. The molecule has 2 heterocycles. The predicted octanol–water partition coefficient (Wildman–Crippen LogP) is 6.55. The second-order valence-electron chi connectivity index (χ2n) is 6.25. The van der Waals surface area contributed by atoms with Gasteiger partial charge in [-0.15, -0.1) is 0 Å². The fourth-order valence-electron chi connectivity index (χ4n) is 2.88. The Morgan fingerprint density at radius 1 is 1.07 bits per heavy atom. The summed E-state index contributed by atoms with van der Waals surface area (Å²) in [5.74, 6) is 0.655. The van der Waals surface area contributed by atoms with E-state index in [1.807, 2.05) is 55.5 Å². The molecule has 1 amide bonds. The SMILES string of the molecule is Cc1cc(Nc2cccc(Cl)c2)nc2ccc(NC(=O)c3ccc(Br)o3)cc12. The molecule has 0 atom stereocenters. The predicted molar refractivity (Wildman–Crippen MR) is 116 cm³/mol. The first kappa shape index (κ1) is 18.5. The van der Waals surface area contributed by atoms with E-state index in [2.05, 4.69) is 31.5 Å². The number of amides is 1. The molecular weight excluding hydrogens is 442 g/mol. The van der Waals surface area contributed by atoms with Gasteiger partial charge in [0.15, 0.2) is 10.4 Å². The number of anilines is 3. The van der Waals surface area contributed by atoms with Crippen LogP contribution in [0.5, 0.6) is 0 Å². The second kappa shape index (κ2) is 7.66. The topological polar surface area (TPSA) is 67.2 Å². The van der Waals surface area contributed by atoms with Crippen molar-refractivity contribution in [3.63, 3.8) is 0 Å². The van der Waals surface area contributed by atoms with Gasteiger partial charge in [0.25, 0.3) is 5.91 Å². The lowest BCUT2D eigenvalue weighted by Gasteiger charge is -2.11. The Kier molecular flexibility index (Phi) is 5.07. The number of aryl methyl sites for hydroxylation is 1. The highest BCUT2D eigenvalue weighted by atomic mass is 79.9. The monoisotopic (exact) mass is 455 g/mol. The summed E-state index contributed by atoms with van der Waals surface area (Å²) in [6.45, 7) is 2.00. The van der Waals surface area contributed by atoms with Gasteiger partial charge < -0.3 is 15.1 Å². The summed E-state index contributed by atoms with van der Waals surface area (Å²) in [6.07, 6.45) is 0. The van der Waals surface area contributed by atoms with Crippen molar-refractivity contribution < 1.29 is 9.21 Å². The van der Waals surface area contributed by atoms with E-state index in [0.29, 0.717) is 15.4 Å². The molecule has 7 heteroatoms. The Morgan fingerprint density at radius 3 is 2.68 bits per heavy atom. The van der Waals surface area contributed by atoms with Gasteiger partial charge in [-0.2, -0.15) is 0 Å². The standard InChI is InChI=1S/C21H15BrClN3O2/c1-12-9-20(24-14-4-2-3-13(23)10-14)26-17-6-5-15(11-16(12)17)25-21(27)18-7-8-19(22)28-18/h2-11H,1H3,(H,24,26)(H,25,27). The van der Waals surface area contributed by atoms with E-state index in [9.17, 15) is 4.79 Å². The Labute approximate surface area is 174 Å². The van der Waals surface area contributed by atoms with Crippen molar-refractivity contribution in [2.24, 2.45) is 0 Å². The summed E-state index contributed by atoms with van der Waals surface area (Å²) < 4.78 is 5.79. The lowest BCUT2D eigenvalue weighted by molar-refractivity contribution is 0.0995. The number of hydrogen-bond acceptors (Lipinski definition) is 4. The third-order valence-electron chi connectivity index (χ3n) is 4.17. The number of carbonyl (C=O) groups excluding carboxylic acids is 1. The lowest BCUT2D eigenvalue weighted by Crippen LogP contribution is -2.10. The van der Waals surface area contributed by atoms with Gasteiger partial charge in [0.2, 0.25) is 0 Å². The minimum absolute atomic E-state index is 0.239. The molecule has 2 aromatic carbocycles. The molecule has 0 saturated carbocycles. The fourth-order valence-corrected chi connectivity index (χ4v) is 3.38. The molecule has 4 rings (SSSR count). The minimum Gasteiger partial charge on any atom is -0.444 e. The van der Waals surface area contributed by atoms with Crippen LogP contribution in [0.1, 0.15) is 16.1 Å². The number of nitrogens with zero attached hydrogens (tertiary/aromatic N) is 1. The molecule has 0 aliphatic heterocycles. The highest BCUT2D eigenvalue weighted by Gasteiger charge is 2.12. The number of nitrogens with one attached hydrogen (secondary N) is 2. The molecule has 0 unspecified atom stereocenters. The Hall–Kier alpha value is -2.83. The van der Waals surface area contributed by atoms with Crippen molar-refractivity contribution in [1.82, 2.24) is 4.98 Å². The van der Waals surface area contributed by atoms with Gasteiger partial charge in [-0.3, -0.25) is 4.79 Å². The number of halogens is 2. The molecule has 0 bridgehead atoms. The molecule has 4 aromatic rings. The van der Waals surface area contributed by atoms with Crippen molar-refractivity contribution in [2.75, 3.05) is 10.6 Å². The maximum atomic E-state index is 12.3. The van der Waals surface area contributed by atoms with Crippen LogP contribution < -0.4 is 10.6 Å². The van der Waals surface area contributed by atoms with E-state index in [1.165, 1.54) is 0 Å². The molecule has 2 aromatic heterocycles. The summed E-state index contributed by atoms with van der Waals surface area (Å²) in [5, 5.41) is 7.72. The van der Waals surface area contributed by atoms with Crippen molar-refractivity contribution in [1.29, 1.82) is 0 Å². The maximum Gasteiger partial charge on any atom is 0.291 e. The van der Waals surface area contributed by atoms with Gasteiger partial charge in [0.1, 0.15) is 5.82 Å². The first-order valence-corrected chi connectivity index (χ1v) is 9.66. The molecule has 0 radical (unpaired) electrons. The van der Waals surface area contributed by atoms with Gasteiger partial charge in [-0.1, -0.05) is 17.7 Å². The van der Waals surface area contributed by atoms with Gasteiger partial charge >= 0.3 is 0 Å². The van der Waals surface area contributed by atoms with E-state index >= 15 is 0 Å². The smallest absolute Gasteiger partial charge is 0.291 e. The van der Waals surface area contributed by atoms with Crippen LogP contribution in [0.2, 0.25) is 5.02 Å². The van der Waals surface area contributed by atoms with Crippen LogP contribution in [0.25, 0.3) is 10.9 Å². The maximum absolute atomic E-state index is 12.3. The molecule has 0 spiro atoms. The van der Waals surface area contributed by atoms with Crippen molar-refractivity contribution in [2.45, 2.75) is 6.92 Å². The zero-order chi connectivity index (χ0) is 19.7. The van der Waals surface area contributed by atoms with Gasteiger partial charge in [0, 0.05) is 21.8 Å². The molecule has 0 aliphatic carbocycles. The highest BCUT2D eigenvalue weighted by Crippen LogP contribution is 2.26. The number of pyridine rings is 1. The van der Waals surface area contributed by atoms with Crippen molar-refractivity contribution in [3.8, 4) is 0 Å². The summed E-state index contributed by atoms with van der Waals surface area (Å²) in [7, 11) is 0. The van der Waals surface area contributed by atoms with Crippen LogP contribution in [0.4, 0.5) is 17.2 Å². The largest absolute Gasteiger partial charge is 0.444 e. The van der Waals surface area contributed by atoms with Crippen molar-refractivity contribution >= 4 is 61.5 Å². The summed E-state index contributed by atoms with van der Waals surface area (Å²) >= 11 is 9.23. The van der Waals surface area contributed by atoms with Crippen LogP contribution in [0.15, 0.2) is 69.8 Å². The number of furan rings is 1. The normalized spacial score (nSPS) is 10.8. The third-order valence-corrected chi connectivity index (χ3v) is 4.83. The van der Waals surface area contributed by atoms with E-state index in [4.69, 9.17) is 16.0 Å². The van der Waals surface area contributed by atoms with E-state index < -0.39 is 0 Å². The number of carbonyl (C=O) groups is 1. The van der Waals surface area contributed by atoms with Gasteiger partial charge in [-0.05, 0) is 83.0 Å². The second-order valence-corrected chi connectivity index (χ2v) is 7.47. The summed E-state index contributed by atoms with van der Waals surface area (Å²) in [4.78, 5) is 16.9. The zero-order valence-corrected chi connectivity index (χ0v) is 17.1. The molecule has 5 nitrogen and oxygen atoms in total. The molecule has 2 N–H and O–H groups in total.